The molecule has 0 spiro atoms. The molecule has 24 heavy (non-hydrogen) atoms. The van der Waals surface area contributed by atoms with Gasteiger partial charge in [0.1, 0.15) is 0 Å². The molecule has 0 aromatic heterocycles. The molecule has 0 radical (unpaired) electrons. The first-order valence-electron chi connectivity index (χ1n) is 8.73. The Balaban J connectivity index is 2.65. The molecule has 1 aromatic carbocycles. The second-order valence-corrected chi connectivity index (χ2v) is 6.65. The molecule has 3 N–H and O–H groups in total. The van der Waals surface area contributed by atoms with Gasteiger partial charge in [0.15, 0.2) is 0 Å². The molecule has 134 valence electrons. The minimum atomic E-state index is -0.940. The van der Waals surface area contributed by atoms with Crippen molar-refractivity contribution in [1.82, 2.24) is 5.32 Å². The highest BCUT2D eigenvalue weighted by atomic mass is 16.3. The Bertz CT molecular complexity index is 532. The molecule has 0 saturated heterocycles. The summed E-state index contributed by atoms with van der Waals surface area (Å²) in [5, 5.41) is 16.2. The summed E-state index contributed by atoms with van der Waals surface area (Å²) in [4.78, 5) is 24.1. The SMILES string of the molecule is CCCC(O)(CCC)CC(=O)Nc1ccc(C(=O)NC(C)C)cc1. The van der Waals surface area contributed by atoms with Crippen LogP contribution in [0.4, 0.5) is 5.69 Å². The van der Waals surface area contributed by atoms with E-state index in [-0.39, 0.29) is 24.3 Å². The van der Waals surface area contributed by atoms with Crippen molar-refractivity contribution in [2.75, 3.05) is 5.32 Å². The first-order valence-corrected chi connectivity index (χ1v) is 8.73. The lowest BCUT2D eigenvalue weighted by molar-refractivity contribution is -0.121. The Morgan fingerprint density at radius 2 is 1.62 bits per heavy atom. The van der Waals surface area contributed by atoms with Crippen molar-refractivity contribution < 1.29 is 14.7 Å². The molecule has 0 aliphatic carbocycles. The van der Waals surface area contributed by atoms with E-state index in [4.69, 9.17) is 0 Å². The molecule has 5 heteroatoms. The van der Waals surface area contributed by atoms with Gasteiger partial charge in [-0.3, -0.25) is 9.59 Å². The van der Waals surface area contributed by atoms with Crippen LogP contribution in [0.5, 0.6) is 0 Å². The van der Waals surface area contributed by atoms with Gasteiger partial charge in [-0.25, -0.2) is 0 Å². The predicted octanol–water partition coefficient (Wildman–Crippen LogP) is 3.48. The van der Waals surface area contributed by atoms with Crippen molar-refractivity contribution in [2.45, 2.75) is 71.4 Å². The summed E-state index contributed by atoms with van der Waals surface area (Å²) in [7, 11) is 0. The Morgan fingerprint density at radius 1 is 1.08 bits per heavy atom. The van der Waals surface area contributed by atoms with Crippen molar-refractivity contribution in [3.8, 4) is 0 Å². The first kappa shape index (κ1) is 20.2. The summed E-state index contributed by atoms with van der Waals surface area (Å²) in [6, 6.07) is 6.83. The molecule has 0 unspecified atom stereocenters. The van der Waals surface area contributed by atoms with E-state index in [1.165, 1.54) is 0 Å². The van der Waals surface area contributed by atoms with Gasteiger partial charge in [-0.05, 0) is 51.0 Å². The zero-order valence-electron chi connectivity index (χ0n) is 15.2. The topological polar surface area (TPSA) is 78.4 Å². The van der Waals surface area contributed by atoms with Crippen molar-refractivity contribution in [3.63, 3.8) is 0 Å². The number of aliphatic hydroxyl groups is 1. The lowest BCUT2D eigenvalue weighted by atomic mass is 9.89. The van der Waals surface area contributed by atoms with Crippen LogP contribution >= 0.6 is 0 Å². The number of hydrogen-bond acceptors (Lipinski definition) is 3. The molecule has 0 heterocycles. The summed E-state index contributed by atoms with van der Waals surface area (Å²) in [6.45, 7) is 7.80. The standard InChI is InChI=1S/C19H30N2O3/c1-5-11-19(24,12-6-2)13-17(22)21-16-9-7-15(8-10-16)18(23)20-14(3)4/h7-10,14,24H,5-6,11-13H2,1-4H3,(H,20,23)(H,21,22). The Kier molecular flexibility index (Phi) is 7.92. The van der Waals surface area contributed by atoms with Gasteiger partial charge >= 0.3 is 0 Å². The largest absolute Gasteiger partial charge is 0.389 e. The van der Waals surface area contributed by atoms with E-state index in [2.05, 4.69) is 10.6 Å². The molecule has 0 aliphatic heterocycles. The van der Waals surface area contributed by atoms with E-state index < -0.39 is 5.60 Å². The number of nitrogens with one attached hydrogen (secondary N) is 2. The molecule has 5 nitrogen and oxygen atoms in total. The molecule has 0 atom stereocenters. The van der Waals surface area contributed by atoms with Crippen LogP contribution in [-0.2, 0) is 4.79 Å². The number of amides is 2. The molecule has 0 saturated carbocycles. The third kappa shape index (κ3) is 6.71. The van der Waals surface area contributed by atoms with E-state index in [0.29, 0.717) is 24.1 Å². The Labute approximate surface area is 144 Å². The second-order valence-electron chi connectivity index (χ2n) is 6.65. The quantitative estimate of drug-likeness (QED) is 0.647. The maximum Gasteiger partial charge on any atom is 0.251 e. The fourth-order valence-electron chi connectivity index (χ4n) is 2.79. The van der Waals surface area contributed by atoms with Crippen molar-refractivity contribution in [2.24, 2.45) is 0 Å². The third-order valence-corrected chi connectivity index (χ3v) is 3.77. The summed E-state index contributed by atoms with van der Waals surface area (Å²) < 4.78 is 0. The Hall–Kier alpha value is -1.88. The van der Waals surface area contributed by atoms with Gasteiger partial charge in [-0.1, -0.05) is 26.7 Å². The summed E-state index contributed by atoms with van der Waals surface area (Å²) in [6.07, 6.45) is 2.99. The van der Waals surface area contributed by atoms with E-state index in [9.17, 15) is 14.7 Å². The van der Waals surface area contributed by atoms with Crippen LogP contribution in [0.15, 0.2) is 24.3 Å². The number of carbonyl (C=O) groups excluding carboxylic acids is 2. The van der Waals surface area contributed by atoms with Crippen LogP contribution in [0.2, 0.25) is 0 Å². The second kappa shape index (κ2) is 9.42. The highest BCUT2D eigenvalue weighted by Crippen LogP contribution is 2.24. The van der Waals surface area contributed by atoms with Gasteiger partial charge in [-0.15, -0.1) is 0 Å². The summed E-state index contributed by atoms with van der Waals surface area (Å²) in [5.41, 5.74) is 0.233. The van der Waals surface area contributed by atoms with Crippen molar-refractivity contribution >= 4 is 17.5 Å². The zero-order valence-corrected chi connectivity index (χ0v) is 15.2. The first-order chi connectivity index (χ1) is 11.3. The highest BCUT2D eigenvalue weighted by Gasteiger charge is 2.28. The minimum absolute atomic E-state index is 0.0756. The van der Waals surface area contributed by atoms with E-state index in [1.807, 2.05) is 27.7 Å². The van der Waals surface area contributed by atoms with Gasteiger partial charge in [0.05, 0.1) is 12.0 Å². The van der Waals surface area contributed by atoms with Gasteiger partial charge in [0.2, 0.25) is 5.91 Å². The average Bonchev–Trinajstić information content (AvgIpc) is 2.47. The molecule has 1 rings (SSSR count). The van der Waals surface area contributed by atoms with E-state index in [0.717, 1.165) is 12.8 Å². The normalized spacial score (nSPS) is 11.4. The van der Waals surface area contributed by atoms with Crippen LogP contribution in [0, 0.1) is 0 Å². The molecule has 0 fully saturated rings. The monoisotopic (exact) mass is 334 g/mol. The average molecular weight is 334 g/mol. The molecule has 2 amide bonds. The van der Waals surface area contributed by atoms with Crippen LogP contribution in [0.1, 0.15) is 70.2 Å². The van der Waals surface area contributed by atoms with Crippen LogP contribution in [-0.4, -0.2) is 28.6 Å². The van der Waals surface area contributed by atoms with Crippen molar-refractivity contribution in [3.05, 3.63) is 29.8 Å². The predicted molar refractivity (Wildman–Crippen MR) is 97.1 cm³/mol. The molecular formula is C19H30N2O3. The van der Waals surface area contributed by atoms with Gasteiger partial charge in [0, 0.05) is 17.3 Å². The number of benzene rings is 1. The highest BCUT2D eigenvalue weighted by molar-refractivity contribution is 5.96. The van der Waals surface area contributed by atoms with Gasteiger partial charge in [-0.2, -0.15) is 0 Å². The summed E-state index contributed by atoms with van der Waals surface area (Å²) >= 11 is 0. The molecular weight excluding hydrogens is 304 g/mol. The maximum atomic E-state index is 12.2. The Morgan fingerprint density at radius 3 is 2.08 bits per heavy atom. The third-order valence-electron chi connectivity index (χ3n) is 3.77. The molecule has 1 aromatic rings. The lowest BCUT2D eigenvalue weighted by Gasteiger charge is -2.26. The summed E-state index contributed by atoms with van der Waals surface area (Å²) in [5.74, 6) is -0.345. The van der Waals surface area contributed by atoms with Gasteiger partial charge in [0.25, 0.3) is 5.91 Å². The zero-order chi connectivity index (χ0) is 18.2. The number of carbonyl (C=O) groups is 2. The number of anilines is 1. The lowest BCUT2D eigenvalue weighted by Crippen LogP contribution is -2.33. The fourth-order valence-corrected chi connectivity index (χ4v) is 2.79. The smallest absolute Gasteiger partial charge is 0.251 e. The fraction of sp³-hybridized carbons (Fsp3) is 0.579. The molecule has 0 aliphatic rings. The van der Waals surface area contributed by atoms with Crippen molar-refractivity contribution in [1.29, 1.82) is 0 Å². The van der Waals surface area contributed by atoms with Crippen LogP contribution < -0.4 is 10.6 Å². The van der Waals surface area contributed by atoms with E-state index in [1.54, 1.807) is 24.3 Å². The van der Waals surface area contributed by atoms with Crippen LogP contribution in [0.25, 0.3) is 0 Å². The maximum absolute atomic E-state index is 12.2. The van der Waals surface area contributed by atoms with E-state index >= 15 is 0 Å². The minimum Gasteiger partial charge on any atom is -0.389 e. The molecule has 0 bridgehead atoms. The van der Waals surface area contributed by atoms with Crippen LogP contribution in [0.3, 0.4) is 0 Å². The number of rotatable bonds is 9. The van der Waals surface area contributed by atoms with Gasteiger partial charge < -0.3 is 15.7 Å². The number of hydrogen-bond donors (Lipinski definition) is 3.